The molecule has 4 aromatic rings. The van der Waals surface area contributed by atoms with E-state index in [4.69, 9.17) is 24.7 Å². The van der Waals surface area contributed by atoms with Gasteiger partial charge in [0, 0.05) is 29.0 Å². The van der Waals surface area contributed by atoms with Crippen LogP contribution >= 0.6 is 0 Å². The number of hydrogen-bond acceptors (Lipinski definition) is 8. The molecule has 1 aromatic heterocycles. The van der Waals surface area contributed by atoms with Crippen molar-refractivity contribution in [3.8, 4) is 23.0 Å². The lowest BCUT2D eigenvalue weighted by molar-refractivity contribution is -0.150. The minimum atomic E-state index is -4.46. The highest BCUT2D eigenvalue weighted by atomic mass is 19.4. The summed E-state index contributed by atoms with van der Waals surface area (Å²) in [6, 6.07) is 14.6. The van der Waals surface area contributed by atoms with Crippen molar-refractivity contribution < 1.29 is 41.7 Å². The third-order valence-electron chi connectivity index (χ3n) is 7.60. The smallest absolute Gasteiger partial charge is 0.416 e. The summed E-state index contributed by atoms with van der Waals surface area (Å²) >= 11 is 0. The predicted molar refractivity (Wildman–Crippen MR) is 170 cm³/mol. The number of rotatable bonds is 12. The Bertz CT molecular complexity index is 1680. The predicted octanol–water partition coefficient (Wildman–Crippen LogP) is 7.67. The van der Waals surface area contributed by atoms with E-state index in [0.717, 1.165) is 37.8 Å². The van der Waals surface area contributed by atoms with Crippen LogP contribution in [0.3, 0.4) is 0 Å². The Labute approximate surface area is 269 Å². The fourth-order valence-corrected chi connectivity index (χ4v) is 5.12. The molecular weight excluding hydrogens is 617 g/mol. The van der Waals surface area contributed by atoms with Gasteiger partial charge in [0.1, 0.15) is 23.6 Å². The number of esters is 1. The van der Waals surface area contributed by atoms with Crippen LogP contribution in [0.1, 0.15) is 44.1 Å². The number of nitrogens with zero attached hydrogens (tertiary/aromatic N) is 1. The number of fused-ring (bicyclic) bond motifs is 1. The summed E-state index contributed by atoms with van der Waals surface area (Å²) in [6.07, 6.45) is 2.03. The van der Waals surface area contributed by atoms with Crippen LogP contribution in [-0.2, 0) is 15.7 Å². The van der Waals surface area contributed by atoms with Gasteiger partial charge < -0.3 is 35.3 Å². The van der Waals surface area contributed by atoms with Crippen LogP contribution < -0.4 is 30.6 Å². The quantitative estimate of drug-likeness (QED) is 0.105. The Morgan fingerprint density at radius 3 is 2.23 bits per heavy atom. The molecule has 1 fully saturated rings. The van der Waals surface area contributed by atoms with Crippen LogP contribution in [0, 0.1) is 0 Å². The highest BCUT2D eigenvalue weighted by molar-refractivity contribution is 5.99. The summed E-state index contributed by atoms with van der Waals surface area (Å²) in [6.45, 7) is 0.311. The van der Waals surface area contributed by atoms with Crippen molar-refractivity contribution >= 4 is 34.3 Å². The summed E-state index contributed by atoms with van der Waals surface area (Å²) in [5.74, 6) is 1.57. The van der Waals surface area contributed by atoms with Crippen molar-refractivity contribution in [2.24, 2.45) is 5.73 Å². The third kappa shape index (κ3) is 9.03. The number of hydrogen-bond donors (Lipinski definition) is 3. The molecule has 10 nitrogen and oxygen atoms in total. The van der Waals surface area contributed by atoms with Gasteiger partial charge in [-0.2, -0.15) is 13.2 Å². The van der Waals surface area contributed by atoms with Gasteiger partial charge in [0.05, 0.1) is 24.8 Å². The maximum atomic E-state index is 12.8. The van der Waals surface area contributed by atoms with Crippen molar-refractivity contribution in [3.05, 3.63) is 78.5 Å². The minimum absolute atomic E-state index is 0.0196. The molecule has 3 aromatic carbocycles. The minimum Gasteiger partial charge on any atom is -0.493 e. The number of anilines is 2. The van der Waals surface area contributed by atoms with Gasteiger partial charge in [-0.15, -0.1) is 0 Å². The van der Waals surface area contributed by atoms with E-state index >= 15 is 0 Å². The second-order valence-corrected chi connectivity index (χ2v) is 11.1. The van der Waals surface area contributed by atoms with Crippen LogP contribution in [-0.4, -0.2) is 42.8 Å². The summed E-state index contributed by atoms with van der Waals surface area (Å²) in [5.41, 5.74) is 6.48. The van der Waals surface area contributed by atoms with Crippen LogP contribution in [0.5, 0.6) is 23.0 Å². The zero-order valence-electron chi connectivity index (χ0n) is 25.6. The van der Waals surface area contributed by atoms with Crippen molar-refractivity contribution in [1.29, 1.82) is 0 Å². The van der Waals surface area contributed by atoms with Gasteiger partial charge in [0.25, 0.3) is 0 Å². The van der Waals surface area contributed by atoms with Gasteiger partial charge in [-0.3, -0.25) is 9.78 Å². The molecule has 0 bridgehead atoms. The number of benzene rings is 3. The summed E-state index contributed by atoms with van der Waals surface area (Å²) in [4.78, 5) is 29.0. The summed E-state index contributed by atoms with van der Waals surface area (Å²) < 4.78 is 61.4. The normalized spacial score (nSPS) is 14.0. The van der Waals surface area contributed by atoms with E-state index in [1.807, 2.05) is 0 Å². The highest BCUT2D eigenvalue weighted by Gasteiger charge is 2.30. The molecule has 1 unspecified atom stereocenters. The van der Waals surface area contributed by atoms with E-state index in [-0.39, 0.29) is 17.8 Å². The number of halogens is 3. The maximum Gasteiger partial charge on any atom is 0.416 e. The molecule has 47 heavy (non-hydrogen) atoms. The zero-order chi connectivity index (χ0) is 33.4. The Morgan fingerprint density at radius 1 is 0.936 bits per heavy atom. The van der Waals surface area contributed by atoms with Crippen LogP contribution in [0.2, 0.25) is 0 Å². The van der Waals surface area contributed by atoms with E-state index in [2.05, 4.69) is 15.6 Å². The lowest BCUT2D eigenvalue weighted by Gasteiger charge is -2.16. The molecule has 0 radical (unpaired) electrons. The van der Waals surface area contributed by atoms with E-state index < -0.39 is 23.8 Å². The molecule has 0 saturated heterocycles. The molecule has 248 valence electrons. The first-order chi connectivity index (χ1) is 22.6. The van der Waals surface area contributed by atoms with E-state index in [1.165, 1.54) is 19.2 Å². The number of nitrogens with two attached hydrogens (primary N) is 1. The Kier molecular flexibility index (Phi) is 10.7. The average Bonchev–Trinajstić information content (AvgIpc) is 3.56. The lowest BCUT2D eigenvalue weighted by atomic mass is 10.1. The number of ether oxygens (including phenoxy) is 4. The zero-order valence-corrected chi connectivity index (χ0v) is 25.6. The first-order valence-electron chi connectivity index (χ1n) is 15.2. The van der Waals surface area contributed by atoms with E-state index in [1.54, 1.807) is 48.7 Å². The van der Waals surface area contributed by atoms with Crippen molar-refractivity contribution in [1.82, 2.24) is 4.98 Å². The number of amides is 2. The van der Waals surface area contributed by atoms with Gasteiger partial charge in [0.2, 0.25) is 0 Å². The fourth-order valence-electron chi connectivity index (χ4n) is 5.12. The standard InChI is InChI=1S/C34H35F3N4O6/c1-44-30-19-26-28(20-31(30)45-18-4-7-27(38)32(42)47-24-5-2-3-6-24)39-17-16-29(26)46-25-14-12-23(13-15-25)41-33(43)40-22-10-8-21(9-11-22)34(35,36)37/h8-17,19-20,24,27H,2-7,18,38H2,1H3,(H2,40,41,43). The molecule has 0 aliphatic heterocycles. The first-order valence-corrected chi connectivity index (χ1v) is 15.2. The number of pyridine rings is 1. The number of methoxy groups -OCH3 is 1. The van der Waals surface area contributed by atoms with Crippen LogP contribution in [0.15, 0.2) is 72.9 Å². The molecular formula is C34H35F3N4O6. The fraction of sp³-hybridized carbons (Fsp3) is 0.324. The molecule has 5 rings (SSSR count). The Morgan fingerprint density at radius 2 is 1.60 bits per heavy atom. The summed E-state index contributed by atoms with van der Waals surface area (Å²) in [5, 5.41) is 5.79. The van der Waals surface area contributed by atoms with Crippen LogP contribution in [0.4, 0.5) is 29.3 Å². The monoisotopic (exact) mass is 652 g/mol. The van der Waals surface area contributed by atoms with Gasteiger partial charge in [-0.05, 0) is 99.2 Å². The van der Waals surface area contributed by atoms with E-state index in [0.29, 0.717) is 59.0 Å². The van der Waals surface area contributed by atoms with Crippen molar-refractivity contribution in [3.63, 3.8) is 0 Å². The lowest BCUT2D eigenvalue weighted by Crippen LogP contribution is -2.34. The third-order valence-corrected chi connectivity index (χ3v) is 7.60. The van der Waals surface area contributed by atoms with E-state index in [9.17, 15) is 22.8 Å². The van der Waals surface area contributed by atoms with Crippen molar-refractivity contribution in [2.45, 2.75) is 56.8 Å². The second kappa shape index (κ2) is 15.0. The molecule has 13 heteroatoms. The van der Waals surface area contributed by atoms with Gasteiger partial charge >= 0.3 is 18.2 Å². The summed E-state index contributed by atoms with van der Waals surface area (Å²) in [7, 11) is 1.53. The molecule has 2 amide bonds. The number of urea groups is 1. The molecule has 1 aliphatic carbocycles. The average molecular weight is 653 g/mol. The highest BCUT2D eigenvalue weighted by Crippen LogP contribution is 2.37. The van der Waals surface area contributed by atoms with Crippen molar-refractivity contribution in [2.75, 3.05) is 24.4 Å². The SMILES string of the molecule is COc1cc2c(Oc3ccc(NC(=O)Nc4ccc(C(F)(F)F)cc4)cc3)ccnc2cc1OCCCC(N)C(=O)OC1CCCC1. The number of alkyl halides is 3. The number of nitrogens with one attached hydrogen (secondary N) is 2. The number of aromatic nitrogens is 1. The van der Waals surface area contributed by atoms with Gasteiger partial charge in [-0.25, -0.2) is 4.79 Å². The van der Waals surface area contributed by atoms with Gasteiger partial charge in [-0.1, -0.05) is 0 Å². The molecule has 0 spiro atoms. The molecule has 4 N–H and O–H groups in total. The second-order valence-electron chi connectivity index (χ2n) is 11.1. The first kappa shape index (κ1) is 33.3. The molecule has 1 heterocycles. The maximum absolute atomic E-state index is 12.8. The molecule has 1 atom stereocenters. The number of carbonyl (C=O) groups is 2. The number of carbonyl (C=O) groups excluding carboxylic acids is 2. The van der Waals surface area contributed by atoms with Gasteiger partial charge in [0.15, 0.2) is 11.5 Å². The van der Waals surface area contributed by atoms with Crippen LogP contribution in [0.25, 0.3) is 10.9 Å². The molecule has 1 saturated carbocycles. The Balaban J connectivity index is 1.15. The molecule has 1 aliphatic rings. The largest absolute Gasteiger partial charge is 0.493 e. The topological polar surface area (TPSA) is 134 Å². The Hall–Kier alpha value is -5.04.